The molecule has 0 saturated carbocycles. The van der Waals surface area contributed by atoms with Gasteiger partial charge in [0.15, 0.2) is 0 Å². The number of benzene rings is 1. The van der Waals surface area contributed by atoms with E-state index in [2.05, 4.69) is 23.2 Å². The topological polar surface area (TPSA) is 39.1 Å². The monoisotopic (exact) mass is 289 g/mol. The van der Waals surface area contributed by atoms with Crippen molar-refractivity contribution in [1.29, 1.82) is 5.26 Å². The number of unbranched alkanes of at least 4 members (excludes halogenated alkanes) is 1. The summed E-state index contributed by atoms with van der Waals surface area (Å²) in [5.74, 6) is -0.265. The van der Waals surface area contributed by atoms with Crippen LogP contribution in [0.1, 0.15) is 43.7 Å². The minimum atomic E-state index is -0.265. The van der Waals surface area contributed by atoms with Crippen LogP contribution in [0.2, 0.25) is 0 Å². The van der Waals surface area contributed by atoms with Gasteiger partial charge in [0.1, 0.15) is 5.82 Å². The summed E-state index contributed by atoms with van der Waals surface area (Å²) >= 11 is 0. The fourth-order valence-electron chi connectivity index (χ4n) is 2.88. The molecule has 0 aromatic heterocycles. The van der Waals surface area contributed by atoms with Gasteiger partial charge in [-0.3, -0.25) is 4.90 Å². The first-order valence-corrected chi connectivity index (χ1v) is 7.87. The van der Waals surface area contributed by atoms with Crippen LogP contribution in [0.5, 0.6) is 0 Å². The Kier molecular flexibility index (Phi) is 6.16. The highest BCUT2D eigenvalue weighted by Crippen LogP contribution is 2.16. The van der Waals surface area contributed by atoms with Crippen LogP contribution in [0.4, 0.5) is 4.39 Å². The van der Waals surface area contributed by atoms with Crippen molar-refractivity contribution in [3.05, 3.63) is 35.1 Å². The van der Waals surface area contributed by atoms with E-state index in [1.54, 1.807) is 6.07 Å². The molecule has 114 valence electrons. The molecule has 2 rings (SSSR count). The number of hydrogen-bond donors (Lipinski definition) is 1. The molecule has 1 atom stereocenters. The van der Waals surface area contributed by atoms with Crippen LogP contribution < -0.4 is 5.32 Å². The summed E-state index contributed by atoms with van der Waals surface area (Å²) in [6.07, 6.45) is 4.71. The van der Waals surface area contributed by atoms with Gasteiger partial charge in [0.25, 0.3) is 0 Å². The molecular formula is C17H24FN3. The SMILES string of the molecule is CCCCN(Cc1cc(F)ccc1C#N)CC1CCCN1. The first-order valence-electron chi connectivity index (χ1n) is 7.87. The molecule has 3 nitrogen and oxygen atoms in total. The molecular weight excluding hydrogens is 265 g/mol. The highest BCUT2D eigenvalue weighted by Gasteiger charge is 2.18. The number of nitrogens with zero attached hydrogens (tertiary/aromatic N) is 2. The molecule has 1 unspecified atom stereocenters. The fraction of sp³-hybridized carbons (Fsp3) is 0.588. The fourth-order valence-corrected chi connectivity index (χ4v) is 2.88. The van der Waals surface area contributed by atoms with E-state index in [9.17, 15) is 9.65 Å². The van der Waals surface area contributed by atoms with Crippen LogP contribution in [0, 0.1) is 17.1 Å². The zero-order chi connectivity index (χ0) is 15.1. The molecule has 0 bridgehead atoms. The van der Waals surface area contributed by atoms with Crippen molar-refractivity contribution in [1.82, 2.24) is 10.2 Å². The van der Waals surface area contributed by atoms with Gasteiger partial charge in [0.05, 0.1) is 11.6 Å². The summed E-state index contributed by atoms with van der Waals surface area (Å²) in [5.41, 5.74) is 1.38. The maximum atomic E-state index is 13.5. The zero-order valence-electron chi connectivity index (χ0n) is 12.7. The van der Waals surface area contributed by atoms with Crippen molar-refractivity contribution in [3.63, 3.8) is 0 Å². The minimum absolute atomic E-state index is 0.265. The Balaban J connectivity index is 2.06. The maximum Gasteiger partial charge on any atom is 0.123 e. The number of halogens is 1. The highest BCUT2D eigenvalue weighted by molar-refractivity contribution is 5.37. The van der Waals surface area contributed by atoms with Crippen LogP contribution in [0.3, 0.4) is 0 Å². The lowest BCUT2D eigenvalue weighted by atomic mass is 10.1. The Hall–Kier alpha value is -1.44. The third kappa shape index (κ3) is 4.80. The second-order valence-electron chi connectivity index (χ2n) is 5.80. The molecule has 1 N–H and O–H groups in total. The standard InChI is InChI=1S/C17H24FN3/c1-2-3-9-21(13-17-5-4-8-20-17)12-15-10-16(18)7-6-14(15)11-19/h6-7,10,17,20H,2-5,8-9,12-13H2,1H3. The molecule has 0 aliphatic carbocycles. The summed E-state index contributed by atoms with van der Waals surface area (Å²) in [5, 5.41) is 12.7. The van der Waals surface area contributed by atoms with Gasteiger partial charge in [-0.05, 0) is 56.1 Å². The molecule has 4 heteroatoms. The second kappa shape index (κ2) is 8.11. The molecule has 0 amide bonds. The Bertz CT molecular complexity index is 489. The van der Waals surface area contributed by atoms with E-state index in [0.717, 1.165) is 38.0 Å². The molecule has 1 aliphatic rings. The van der Waals surface area contributed by atoms with E-state index in [-0.39, 0.29) is 5.82 Å². The first kappa shape index (κ1) is 15.9. The van der Waals surface area contributed by atoms with Crippen LogP contribution in [-0.2, 0) is 6.54 Å². The number of nitriles is 1. The van der Waals surface area contributed by atoms with Gasteiger partial charge in [-0.25, -0.2) is 4.39 Å². The smallest absolute Gasteiger partial charge is 0.123 e. The number of hydrogen-bond acceptors (Lipinski definition) is 3. The van der Waals surface area contributed by atoms with Crippen LogP contribution in [-0.4, -0.2) is 30.6 Å². The molecule has 1 aliphatic heterocycles. The summed E-state index contributed by atoms with van der Waals surface area (Å²) < 4.78 is 13.5. The molecule has 1 saturated heterocycles. The highest BCUT2D eigenvalue weighted by atomic mass is 19.1. The largest absolute Gasteiger partial charge is 0.313 e. The zero-order valence-corrected chi connectivity index (χ0v) is 12.7. The molecule has 1 fully saturated rings. The van der Waals surface area contributed by atoms with Crippen LogP contribution in [0.25, 0.3) is 0 Å². The number of nitrogens with one attached hydrogen (secondary N) is 1. The second-order valence-corrected chi connectivity index (χ2v) is 5.80. The third-order valence-corrected chi connectivity index (χ3v) is 4.05. The van der Waals surface area contributed by atoms with E-state index < -0.39 is 0 Å². The summed E-state index contributed by atoms with van der Waals surface area (Å²) in [6, 6.07) is 7.14. The Labute approximate surface area is 126 Å². The quantitative estimate of drug-likeness (QED) is 0.838. The van der Waals surface area contributed by atoms with Crippen LogP contribution >= 0.6 is 0 Å². The third-order valence-electron chi connectivity index (χ3n) is 4.05. The van der Waals surface area contributed by atoms with Crippen molar-refractivity contribution in [2.24, 2.45) is 0 Å². The lowest BCUT2D eigenvalue weighted by Crippen LogP contribution is -2.37. The van der Waals surface area contributed by atoms with E-state index in [1.807, 2.05) is 0 Å². The summed E-state index contributed by atoms with van der Waals surface area (Å²) in [6.45, 7) is 5.89. The van der Waals surface area contributed by atoms with Gasteiger partial charge >= 0.3 is 0 Å². The van der Waals surface area contributed by atoms with Crippen molar-refractivity contribution in [2.45, 2.75) is 45.2 Å². The van der Waals surface area contributed by atoms with E-state index in [0.29, 0.717) is 18.2 Å². The first-order chi connectivity index (χ1) is 10.2. The predicted octanol–water partition coefficient (Wildman–Crippen LogP) is 3.05. The van der Waals surface area contributed by atoms with Crippen LogP contribution in [0.15, 0.2) is 18.2 Å². The molecule has 21 heavy (non-hydrogen) atoms. The summed E-state index contributed by atoms with van der Waals surface area (Å²) in [7, 11) is 0. The average molecular weight is 289 g/mol. The molecule has 0 spiro atoms. The van der Waals surface area contributed by atoms with E-state index >= 15 is 0 Å². The van der Waals surface area contributed by atoms with Crippen molar-refractivity contribution >= 4 is 0 Å². The summed E-state index contributed by atoms with van der Waals surface area (Å²) in [4.78, 5) is 2.35. The van der Waals surface area contributed by atoms with Gasteiger partial charge in [0.2, 0.25) is 0 Å². The Morgan fingerprint density at radius 1 is 1.48 bits per heavy atom. The van der Waals surface area contributed by atoms with Gasteiger partial charge in [-0.15, -0.1) is 0 Å². The van der Waals surface area contributed by atoms with Crippen molar-refractivity contribution in [3.8, 4) is 6.07 Å². The minimum Gasteiger partial charge on any atom is -0.313 e. The van der Waals surface area contributed by atoms with Crippen molar-refractivity contribution in [2.75, 3.05) is 19.6 Å². The normalized spacial score (nSPS) is 18.1. The van der Waals surface area contributed by atoms with Gasteiger partial charge in [0, 0.05) is 19.1 Å². The lowest BCUT2D eigenvalue weighted by Gasteiger charge is -2.26. The van der Waals surface area contributed by atoms with Gasteiger partial charge < -0.3 is 5.32 Å². The van der Waals surface area contributed by atoms with E-state index in [1.165, 1.54) is 25.0 Å². The molecule has 1 aromatic carbocycles. The average Bonchev–Trinajstić information content (AvgIpc) is 2.98. The molecule has 1 aromatic rings. The predicted molar refractivity (Wildman–Crippen MR) is 82.3 cm³/mol. The van der Waals surface area contributed by atoms with Crippen molar-refractivity contribution < 1.29 is 4.39 Å². The van der Waals surface area contributed by atoms with Gasteiger partial charge in [-0.1, -0.05) is 13.3 Å². The van der Waals surface area contributed by atoms with Gasteiger partial charge in [-0.2, -0.15) is 5.26 Å². The lowest BCUT2D eigenvalue weighted by molar-refractivity contribution is 0.237. The van der Waals surface area contributed by atoms with E-state index in [4.69, 9.17) is 0 Å². The molecule has 1 heterocycles. The molecule has 0 radical (unpaired) electrons. The number of rotatable bonds is 7. The maximum absolute atomic E-state index is 13.5. The Morgan fingerprint density at radius 2 is 2.33 bits per heavy atom. The Morgan fingerprint density at radius 3 is 3.00 bits per heavy atom.